The number of rotatable bonds is 4. The Morgan fingerprint density at radius 2 is 1.91 bits per heavy atom. The maximum absolute atomic E-state index is 13.7. The van der Waals surface area contributed by atoms with Crippen LogP contribution in [-0.4, -0.2) is 5.91 Å². The molecule has 0 saturated heterocycles. The molecule has 1 N–H and O–H groups in total. The molecule has 3 atom stereocenters. The van der Waals surface area contributed by atoms with Crippen molar-refractivity contribution in [3.05, 3.63) is 69.9 Å². The number of carbonyl (C=O) groups excluding carboxylic acids is 1. The topological polar surface area (TPSA) is 29.1 Å². The minimum atomic E-state index is -0.219. The highest BCUT2D eigenvalue weighted by atomic mass is 79.9. The highest BCUT2D eigenvalue weighted by Gasteiger charge is 2.45. The number of halogens is 2. The molecule has 114 valence electrons. The summed E-state index contributed by atoms with van der Waals surface area (Å²) in [6.07, 6.45) is 0.722. The lowest BCUT2D eigenvalue weighted by atomic mass is 10.1. The van der Waals surface area contributed by atoms with Crippen LogP contribution in [0.25, 0.3) is 0 Å². The Hall–Kier alpha value is -1.68. The van der Waals surface area contributed by atoms with Gasteiger partial charge in [0.25, 0.3) is 0 Å². The molecule has 0 aliphatic heterocycles. The molecule has 0 radical (unpaired) electrons. The molecule has 3 unspecified atom stereocenters. The largest absolute Gasteiger partial charge is 0.349 e. The van der Waals surface area contributed by atoms with Crippen LogP contribution in [0.3, 0.4) is 0 Å². The van der Waals surface area contributed by atoms with E-state index in [-0.39, 0.29) is 29.6 Å². The van der Waals surface area contributed by atoms with Crippen molar-refractivity contribution in [2.75, 3.05) is 0 Å². The van der Waals surface area contributed by atoms with Crippen LogP contribution in [0.1, 0.15) is 36.4 Å². The minimum Gasteiger partial charge on any atom is -0.349 e. The lowest BCUT2D eigenvalue weighted by Crippen LogP contribution is -2.28. The van der Waals surface area contributed by atoms with Crippen molar-refractivity contribution in [1.82, 2.24) is 5.32 Å². The zero-order valence-electron chi connectivity index (χ0n) is 12.2. The number of hydrogen-bond donors (Lipinski definition) is 1. The molecule has 1 aliphatic rings. The number of amides is 1. The molecule has 1 fully saturated rings. The van der Waals surface area contributed by atoms with Gasteiger partial charge in [0.15, 0.2) is 0 Å². The molecule has 1 amide bonds. The molecule has 1 saturated carbocycles. The van der Waals surface area contributed by atoms with Crippen LogP contribution < -0.4 is 5.32 Å². The third kappa shape index (κ3) is 3.22. The first-order valence-electron chi connectivity index (χ1n) is 7.36. The van der Waals surface area contributed by atoms with E-state index in [1.807, 2.05) is 37.3 Å². The van der Waals surface area contributed by atoms with Gasteiger partial charge in [-0.3, -0.25) is 4.79 Å². The van der Waals surface area contributed by atoms with Crippen molar-refractivity contribution in [1.29, 1.82) is 0 Å². The molecule has 0 heterocycles. The number of carbonyl (C=O) groups is 1. The zero-order chi connectivity index (χ0) is 15.7. The molecular formula is C18H17BrFNO. The van der Waals surface area contributed by atoms with Crippen molar-refractivity contribution in [3.63, 3.8) is 0 Å². The third-order valence-electron chi connectivity index (χ3n) is 4.16. The predicted octanol–water partition coefficient (Wildman–Crippen LogP) is 4.57. The Morgan fingerprint density at radius 3 is 2.59 bits per heavy atom. The van der Waals surface area contributed by atoms with E-state index in [9.17, 15) is 9.18 Å². The maximum Gasteiger partial charge on any atom is 0.224 e. The van der Waals surface area contributed by atoms with Gasteiger partial charge in [-0.25, -0.2) is 4.39 Å². The molecule has 2 aromatic carbocycles. The lowest BCUT2D eigenvalue weighted by molar-refractivity contribution is -0.123. The maximum atomic E-state index is 13.7. The van der Waals surface area contributed by atoms with Crippen molar-refractivity contribution in [2.45, 2.75) is 25.3 Å². The molecule has 2 nitrogen and oxygen atoms in total. The van der Waals surface area contributed by atoms with E-state index in [0.29, 0.717) is 5.56 Å². The van der Waals surface area contributed by atoms with E-state index in [2.05, 4.69) is 21.2 Å². The third-order valence-corrected chi connectivity index (χ3v) is 4.69. The van der Waals surface area contributed by atoms with Crippen LogP contribution in [0.4, 0.5) is 4.39 Å². The van der Waals surface area contributed by atoms with Gasteiger partial charge in [0.05, 0.1) is 6.04 Å². The van der Waals surface area contributed by atoms with Crippen LogP contribution in [0.15, 0.2) is 53.0 Å². The first kappa shape index (κ1) is 15.2. The van der Waals surface area contributed by atoms with Gasteiger partial charge in [0, 0.05) is 10.4 Å². The summed E-state index contributed by atoms with van der Waals surface area (Å²) in [4.78, 5) is 12.3. The average Bonchev–Trinajstić information content (AvgIpc) is 3.28. The molecule has 22 heavy (non-hydrogen) atoms. The van der Waals surface area contributed by atoms with Gasteiger partial charge in [-0.15, -0.1) is 0 Å². The van der Waals surface area contributed by atoms with Gasteiger partial charge >= 0.3 is 0 Å². The van der Waals surface area contributed by atoms with E-state index in [1.165, 1.54) is 6.07 Å². The molecule has 3 rings (SSSR count). The summed E-state index contributed by atoms with van der Waals surface area (Å²) in [6, 6.07) is 14.5. The van der Waals surface area contributed by atoms with E-state index in [0.717, 1.165) is 16.5 Å². The van der Waals surface area contributed by atoms with E-state index in [1.54, 1.807) is 12.1 Å². The Bertz CT molecular complexity index is 686. The van der Waals surface area contributed by atoms with Crippen molar-refractivity contribution >= 4 is 21.8 Å². The summed E-state index contributed by atoms with van der Waals surface area (Å²) >= 11 is 3.40. The second-order valence-corrected chi connectivity index (χ2v) is 6.67. The Morgan fingerprint density at radius 1 is 1.23 bits per heavy atom. The second-order valence-electron chi connectivity index (χ2n) is 5.75. The summed E-state index contributed by atoms with van der Waals surface area (Å²) in [5, 5.41) is 3.02. The first-order chi connectivity index (χ1) is 10.6. The quantitative estimate of drug-likeness (QED) is 0.848. The van der Waals surface area contributed by atoms with Gasteiger partial charge in [-0.2, -0.15) is 0 Å². The van der Waals surface area contributed by atoms with Crippen molar-refractivity contribution in [2.24, 2.45) is 5.92 Å². The molecule has 1 aliphatic carbocycles. The van der Waals surface area contributed by atoms with Gasteiger partial charge < -0.3 is 5.32 Å². The highest BCUT2D eigenvalue weighted by Crippen LogP contribution is 2.48. The van der Waals surface area contributed by atoms with Gasteiger partial charge in [0.1, 0.15) is 5.82 Å². The van der Waals surface area contributed by atoms with Crippen molar-refractivity contribution in [3.8, 4) is 0 Å². The molecule has 0 aromatic heterocycles. The average molecular weight is 362 g/mol. The SMILES string of the molecule is CC(NC(=O)C1CC1c1ccccc1F)c1ccc(Br)cc1. The standard InChI is InChI=1S/C18H17BrFNO/c1-11(12-6-8-13(19)9-7-12)21-18(22)16-10-15(16)14-4-2-3-5-17(14)20/h2-9,11,15-16H,10H2,1H3,(H,21,22). The Kier molecular flexibility index (Phi) is 4.30. The lowest BCUT2D eigenvalue weighted by Gasteiger charge is -2.14. The molecule has 0 bridgehead atoms. The van der Waals surface area contributed by atoms with Gasteiger partial charge in [-0.05, 0) is 48.6 Å². The van der Waals surface area contributed by atoms with Crippen LogP contribution in [0, 0.1) is 11.7 Å². The monoisotopic (exact) mass is 361 g/mol. The van der Waals surface area contributed by atoms with Crippen LogP contribution in [0.5, 0.6) is 0 Å². The summed E-state index contributed by atoms with van der Waals surface area (Å²) in [5.74, 6) is -0.319. The fraction of sp³-hybridized carbons (Fsp3) is 0.278. The Balaban J connectivity index is 1.62. The van der Waals surface area contributed by atoms with Crippen LogP contribution in [-0.2, 0) is 4.79 Å². The molecule has 2 aromatic rings. The summed E-state index contributed by atoms with van der Waals surface area (Å²) in [6.45, 7) is 1.96. The summed E-state index contributed by atoms with van der Waals surface area (Å²) in [5.41, 5.74) is 1.71. The fourth-order valence-electron chi connectivity index (χ4n) is 2.76. The molecule has 4 heteroatoms. The smallest absolute Gasteiger partial charge is 0.224 e. The second kappa shape index (κ2) is 6.21. The predicted molar refractivity (Wildman–Crippen MR) is 87.9 cm³/mol. The number of benzene rings is 2. The van der Waals surface area contributed by atoms with Gasteiger partial charge in [-0.1, -0.05) is 46.3 Å². The normalized spacial score (nSPS) is 21.2. The summed E-state index contributed by atoms with van der Waals surface area (Å²) < 4.78 is 14.8. The van der Waals surface area contributed by atoms with E-state index >= 15 is 0 Å². The molecule has 0 spiro atoms. The zero-order valence-corrected chi connectivity index (χ0v) is 13.8. The first-order valence-corrected chi connectivity index (χ1v) is 8.16. The number of nitrogens with one attached hydrogen (secondary N) is 1. The minimum absolute atomic E-state index is 0.00340. The summed E-state index contributed by atoms with van der Waals surface area (Å²) in [7, 11) is 0. The van der Waals surface area contributed by atoms with Crippen LogP contribution in [0.2, 0.25) is 0 Å². The highest BCUT2D eigenvalue weighted by molar-refractivity contribution is 9.10. The number of hydrogen-bond acceptors (Lipinski definition) is 1. The van der Waals surface area contributed by atoms with Gasteiger partial charge in [0.2, 0.25) is 5.91 Å². The van der Waals surface area contributed by atoms with E-state index < -0.39 is 0 Å². The van der Waals surface area contributed by atoms with E-state index in [4.69, 9.17) is 0 Å². The molecular weight excluding hydrogens is 345 g/mol. The van der Waals surface area contributed by atoms with Crippen LogP contribution >= 0.6 is 15.9 Å². The fourth-order valence-corrected chi connectivity index (χ4v) is 3.02. The van der Waals surface area contributed by atoms with Crippen molar-refractivity contribution < 1.29 is 9.18 Å². The Labute approximate surface area is 137 Å².